The van der Waals surface area contributed by atoms with Crippen molar-refractivity contribution in [3.63, 3.8) is 0 Å². The van der Waals surface area contributed by atoms with Crippen LogP contribution >= 0.6 is 0 Å². The summed E-state index contributed by atoms with van der Waals surface area (Å²) in [5.41, 5.74) is 1.21. The third-order valence-electron chi connectivity index (χ3n) is 4.48. The highest BCUT2D eigenvalue weighted by atomic mass is 19.1. The molecule has 1 aliphatic rings. The Bertz CT molecular complexity index is 873. The molecule has 2 aromatic heterocycles. The fourth-order valence-corrected chi connectivity index (χ4v) is 3.05. The lowest BCUT2D eigenvalue weighted by molar-refractivity contribution is 0.0908. The van der Waals surface area contributed by atoms with E-state index in [4.69, 9.17) is 0 Å². The molecule has 1 fully saturated rings. The Hall–Kier alpha value is -3.09. The van der Waals surface area contributed by atoms with E-state index in [9.17, 15) is 9.18 Å². The second-order valence-corrected chi connectivity index (χ2v) is 6.11. The molecule has 126 valence electrons. The van der Waals surface area contributed by atoms with Crippen LogP contribution in [0.2, 0.25) is 0 Å². The smallest absolute Gasteiger partial charge is 0.253 e. The minimum atomic E-state index is -0.176. The van der Waals surface area contributed by atoms with Crippen molar-refractivity contribution in [1.82, 2.24) is 25.1 Å². The quantitative estimate of drug-likeness (QED) is 0.794. The zero-order valence-corrected chi connectivity index (χ0v) is 13.3. The standard InChI is InChI=1S/C18H16FN5O/c19-16-4-2-1-3-15(16)13-7-14(8-13)23-18(25)12-5-6-17(21-9-12)24-11-20-10-22-24/h1-6,9-11,13-14H,7-8H2,(H,23,25). The highest BCUT2D eigenvalue weighted by molar-refractivity contribution is 5.94. The normalized spacial score (nSPS) is 19.2. The van der Waals surface area contributed by atoms with Crippen molar-refractivity contribution < 1.29 is 9.18 Å². The van der Waals surface area contributed by atoms with Gasteiger partial charge in [0.2, 0.25) is 0 Å². The Morgan fingerprint density at radius 3 is 2.72 bits per heavy atom. The maximum atomic E-state index is 13.8. The minimum Gasteiger partial charge on any atom is -0.349 e. The van der Waals surface area contributed by atoms with E-state index in [1.807, 2.05) is 12.1 Å². The van der Waals surface area contributed by atoms with Gasteiger partial charge in [-0.15, -0.1) is 0 Å². The third-order valence-corrected chi connectivity index (χ3v) is 4.48. The van der Waals surface area contributed by atoms with Gasteiger partial charge in [0.05, 0.1) is 5.56 Å². The number of benzene rings is 1. The monoisotopic (exact) mass is 337 g/mol. The van der Waals surface area contributed by atoms with Crippen molar-refractivity contribution >= 4 is 5.91 Å². The number of rotatable bonds is 4. The zero-order chi connectivity index (χ0) is 17.2. The summed E-state index contributed by atoms with van der Waals surface area (Å²) in [4.78, 5) is 20.4. The van der Waals surface area contributed by atoms with E-state index < -0.39 is 0 Å². The molecule has 25 heavy (non-hydrogen) atoms. The molecule has 0 spiro atoms. The molecule has 7 heteroatoms. The molecule has 1 saturated carbocycles. The van der Waals surface area contributed by atoms with Crippen LogP contribution in [0.15, 0.2) is 55.2 Å². The summed E-state index contributed by atoms with van der Waals surface area (Å²) in [6.07, 6.45) is 5.97. The number of hydrogen-bond acceptors (Lipinski definition) is 4. The molecule has 0 atom stereocenters. The van der Waals surface area contributed by atoms with Gasteiger partial charge in [-0.1, -0.05) is 18.2 Å². The summed E-state index contributed by atoms with van der Waals surface area (Å²) in [6.45, 7) is 0. The lowest BCUT2D eigenvalue weighted by atomic mass is 9.75. The van der Waals surface area contributed by atoms with Crippen molar-refractivity contribution in [2.75, 3.05) is 0 Å². The number of aromatic nitrogens is 4. The van der Waals surface area contributed by atoms with E-state index in [1.165, 1.54) is 23.3 Å². The molecule has 6 nitrogen and oxygen atoms in total. The molecule has 0 saturated heterocycles. The number of hydrogen-bond donors (Lipinski definition) is 1. The van der Waals surface area contributed by atoms with Crippen LogP contribution < -0.4 is 5.32 Å². The summed E-state index contributed by atoms with van der Waals surface area (Å²) in [6, 6.07) is 10.3. The second kappa shape index (κ2) is 6.43. The van der Waals surface area contributed by atoms with Gasteiger partial charge in [-0.25, -0.2) is 19.0 Å². The van der Waals surface area contributed by atoms with Crippen molar-refractivity contribution in [2.45, 2.75) is 24.8 Å². The molecule has 2 heterocycles. The van der Waals surface area contributed by atoms with E-state index in [0.29, 0.717) is 11.4 Å². The molecule has 0 aliphatic heterocycles. The summed E-state index contributed by atoms with van der Waals surface area (Å²) in [5.74, 6) is 0.413. The van der Waals surface area contributed by atoms with Gasteiger partial charge in [0, 0.05) is 12.2 Å². The Kier molecular flexibility index (Phi) is 3.97. The lowest BCUT2D eigenvalue weighted by Gasteiger charge is -2.36. The Balaban J connectivity index is 1.35. The summed E-state index contributed by atoms with van der Waals surface area (Å²) < 4.78 is 15.3. The summed E-state index contributed by atoms with van der Waals surface area (Å²) in [7, 11) is 0. The van der Waals surface area contributed by atoms with Gasteiger partial charge in [0.25, 0.3) is 5.91 Å². The van der Waals surface area contributed by atoms with Crippen LogP contribution in [0.25, 0.3) is 5.82 Å². The van der Waals surface area contributed by atoms with Crippen LogP contribution in [0.3, 0.4) is 0 Å². The Morgan fingerprint density at radius 2 is 2.04 bits per heavy atom. The fourth-order valence-electron chi connectivity index (χ4n) is 3.05. The summed E-state index contributed by atoms with van der Waals surface area (Å²) >= 11 is 0. The first-order valence-corrected chi connectivity index (χ1v) is 8.07. The van der Waals surface area contributed by atoms with E-state index in [2.05, 4.69) is 20.4 Å². The topological polar surface area (TPSA) is 72.7 Å². The van der Waals surface area contributed by atoms with E-state index >= 15 is 0 Å². The van der Waals surface area contributed by atoms with Crippen molar-refractivity contribution in [3.8, 4) is 5.82 Å². The van der Waals surface area contributed by atoms with Crippen LogP contribution in [-0.4, -0.2) is 31.7 Å². The van der Waals surface area contributed by atoms with Gasteiger partial charge >= 0.3 is 0 Å². The maximum absolute atomic E-state index is 13.8. The zero-order valence-electron chi connectivity index (χ0n) is 13.3. The molecule has 1 N–H and O–H groups in total. The molecule has 0 radical (unpaired) electrons. The van der Waals surface area contributed by atoms with Crippen LogP contribution in [0.4, 0.5) is 4.39 Å². The third kappa shape index (κ3) is 3.13. The lowest BCUT2D eigenvalue weighted by Crippen LogP contribution is -2.43. The van der Waals surface area contributed by atoms with Crippen molar-refractivity contribution in [2.24, 2.45) is 0 Å². The minimum absolute atomic E-state index is 0.0621. The molecule has 1 amide bonds. The molecule has 3 aromatic rings. The number of pyridine rings is 1. The average molecular weight is 337 g/mol. The predicted molar refractivity (Wildman–Crippen MR) is 88.8 cm³/mol. The van der Waals surface area contributed by atoms with Crippen LogP contribution in [0.5, 0.6) is 0 Å². The molecule has 1 aliphatic carbocycles. The molecule has 4 rings (SSSR count). The van der Waals surface area contributed by atoms with Crippen LogP contribution in [0, 0.1) is 5.82 Å². The largest absolute Gasteiger partial charge is 0.349 e. The van der Waals surface area contributed by atoms with Crippen LogP contribution in [-0.2, 0) is 0 Å². The first-order chi connectivity index (χ1) is 12.2. The van der Waals surface area contributed by atoms with E-state index in [1.54, 1.807) is 24.5 Å². The van der Waals surface area contributed by atoms with Crippen LogP contribution in [0.1, 0.15) is 34.7 Å². The van der Waals surface area contributed by atoms with Gasteiger partial charge < -0.3 is 5.32 Å². The summed E-state index contributed by atoms with van der Waals surface area (Å²) in [5, 5.41) is 6.96. The average Bonchev–Trinajstić information content (AvgIpc) is 3.13. The Labute approximate surface area is 143 Å². The maximum Gasteiger partial charge on any atom is 0.253 e. The van der Waals surface area contributed by atoms with Gasteiger partial charge in [-0.05, 0) is 42.5 Å². The van der Waals surface area contributed by atoms with Crippen molar-refractivity contribution in [3.05, 3.63) is 72.2 Å². The van der Waals surface area contributed by atoms with Gasteiger partial charge in [0.1, 0.15) is 18.5 Å². The number of nitrogens with one attached hydrogen (secondary N) is 1. The number of amides is 1. The van der Waals surface area contributed by atoms with Gasteiger partial charge in [-0.3, -0.25) is 4.79 Å². The van der Waals surface area contributed by atoms with E-state index in [0.717, 1.165) is 18.4 Å². The molecular weight excluding hydrogens is 321 g/mol. The van der Waals surface area contributed by atoms with Gasteiger partial charge in [0.15, 0.2) is 5.82 Å². The number of carbonyl (C=O) groups excluding carboxylic acids is 1. The molecule has 1 aromatic carbocycles. The second-order valence-electron chi connectivity index (χ2n) is 6.11. The molecule has 0 bridgehead atoms. The van der Waals surface area contributed by atoms with Crippen molar-refractivity contribution in [1.29, 1.82) is 0 Å². The highest BCUT2D eigenvalue weighted by Crippen LogP contribution is 2.38. The highest BCUT2D eigenvalue weighted by Gasteiger charge is 2.33. The number of carbonyl (C=O) groups is 1. The van der Waals surface area contributed by atoms with Gasteiger partial charge in [-0.2, -0.15) is 5.10 Å². The first-order valence-electron chi connectivity index (χ1n) is 8.07. The molecule has 0 unspecified atom stereocenters. The SMILES string of the molecule is O=C(NC1CC(c2ccccc2F)C1)c1ccc(-n2cncn2)nc1. The Morgan fingerprint density at radius 1 is 1.20 bits per heavy atom. The molecular formula is C18H16FN5O. The fraction of sp³-hybridized carbons (Fsp3) is 0.222. The first kappa shape index (κ1) is 15.4. The number of halogens is 1. The van der Waals surface area contributed by atoms with E-state index in [-0.39, 0.29) is 23.7 Å². The predicted octanol–water partition coefficient (Wildman–Crippen LogP) is 2.48. The number of nitrogens with zero attached hydrogens (tertiary/aromatic N) is 4.